The zero-order valence-electron chi connectivity index (χ0n) is 17.9. The van der Waals surface area contributed by atoms with Gasteiger partial charge in [-0.3, -0.25) is 9.80 Å². The molecular formula is C23H34N2O3. The summed E-state index contributed by atoms with van der Waals surface area (Å²) in [6.07, 6.45) is 0. The summed E-state index contributed by atoms with van der Waals surface area (Å²) >= 11 is 0. The highest BCUT2D eigenvalue weighted by Crippen LogP contribution is 2.37. The number of benzene rings is 2. The van der Waals surface area contributed by atoms with Crippen LogP contribution in [0.2, 0.25) is 0 Å². The van der Waals surface area contributed by atoms with E-state index in [2.05, 4.69) is 51.6 Å². The summed E-state index contributed by atoms with van der Waals surface area (Å²) in [5, 5.41) is 18.4. The Balaban J connectivity index is 0.000000221. The minimum absolute atomic E-state index is 0.0720. The van der Waals surface area contributed by atoms with Gasteiger partial charge >= 0.3 is 0 Å². The predicted molar refractivity (Wildman–Crippen MR) is 113 cm³/mol. The lowest BCUT2D eigenvalue weighted by molar-refractivity contribution is 0.134. The van der Waals surface area contributed by atoms with Gasteiger partial charge in [-0.05, 0) is 53.9 Å². The van der Waals surface area contributed by atoms with Gasteiger partial charge in [-0.15, -0.1) is 0 Å². The number of para-hydroxylation sites is 2. The smallest absolute Gasteiger partial charge is 0.132 e. The van der Waals surface area contributed by atoms with Gasteiger partial charge < -0.3 is 14.9 Å². The third-order valence-electron chi connectivity index (χ3n) is 6.34. The Kier molecular flexibility index (Phi) is 7.23. The maximum atomic E-state index is 9.19. The van der Waals surface area contributed by atoms with Crippen LogP contribution < -0.4 is 4.74 Å². The van der Waals surface area contributed by atoms with E-state index in [1.54, 1.807) is 24.3 Å². The Morgan fingerprint density at radius 3 is 1.39 bits per heavy atom. The first-order valence-electron chi connectivity index (χ1n) is 9.63. The molecule has 0 aromatic heterocycles. The van der Waals surface area contributed by atoms with Gasteiger partial charge in [0.1, 0.15) is 11.5 Å². The monoisotopic (exact) mass is 386 g/mol. The maximum absolute atomic E-state index is 9.19. The van der Waals surface area contributed by atoms with Crippen molar-refractivity contribution < 1.29 is 14.9 Å². The molecule has 0 atom stereocenters. The third-order valence-corrected chi connectivity index (χ3v) is 6.34. The SMILES string of the molecule is CN1CN(C)C(C)(C)C1(C)C.OCc1ccccc1Oc1ccccc1CO. The van der Waals surface area contributed by atoms with E-state index in [4.69, 9.17) is 4.74 Å². The van der Waals surface area contributed by atoms with Crippen molar-refractivity contribution in [2.75, 3.05) is 20.8 Å². The van der Waals surface area contributed by atoms with Crippen LogP contribution in [0.1, 0.15) is 38.8 Å². The Morgan fingerprint density at radius 2 is 1.11 bits per heavy atom. The molecule has 0 saturated carbocycles. The summed E-state index contributed by atoms with van der Waals surface area (Å²) in [5.41, 5.74) is 2.00. The summed E-state index contributed by atoms with van der Waals surface area (Å²) in [5.74, 6) is 1.21. The summed E-state index contributed by atoms with van der Waals surface area (Å²) in [6.45, 7) is 10.1. The van der Waals surface area contributed by atoms with Crippen LogP contribution in [0.25, 0.3) is 0 Å². The van der Waals surface area contributed by atoms with Crippen LogP contribution in [-0.4, -0.2) is 51.9 Å². The average molecular weight is 387 g/mol. The molecule has 5 heteroatoms. The van der Waals surface area contributed by atoms with Crippen LogP contribution in [0, 0.1) is 0 Å². The van der Waals surface area contributed by atoms with Crippen molar-refractivity contribution in [3.05, 3.63) is 59.7 Å². The normalized spacial score (nSPS) is 18.4. The van der Waals surface area contributed by atoms with Crippen molar-refractivity contribution in [3.63, 3.8) is 0 Å². The molecule has 0 unspecified atom stereocenters. The van der Waals surface area contributed by atoms with Crippen LogP contribution in [0.15, 0.2) is 48.5 Å². The zero-order chi connectivity index (χ0) is 20.9. The number of ether oxygens (including phenoxy) is 1. The minimum atomic E-state index is -0.0720. The molecule has 2 aromatic rings. The quantitative estimate of drug-likeness (QED) is 0.836. The van der Waals surface area contributed by atoms with Crippen LogP contribution >= 0.6 is 0 Å². The molecular weight excluding hydrogens is 352 g/mol. The second-order valence-corrected chi connectivity index (χ2v) is 8.29. The molecule has 1 saturated heterocycles. The van der Waals surface area contributed by atoms with E-state index >= 15 is 0 Å². The number of aliphatic hydroxyl groups is 2. The number of rotatable bonds is 4. The second kappa shape index (κ2) is 9.05. The highest BCUT2D eigenvalue weighted by Gasteiger charge is 2.48. The first-order valence-corrected chi connectivity index (χ1v) is 9.63. The molecule has 3 rings (SSSR count). The molecule has 0 amide bonds. The first kappa shape index (κ1) is 22.4. The fourth-order valence-electron chi connectivity index (χ4n) is 3.19. The standard InChI is InChI=1S/C14H14O3.C9H20N2/c15-9-11-5-1-3-7-13(11)17-14-8-4-2-6-12(14)10-16;1-8(2)9(3,4)11(6)7-10(8)5/h1-8,15-16H,9-10H2;7H2,1-6H3. The third kappa shape index (κ3) is 4.55. The Bertz CT molecular complexity index is 710. The van der Waals surface area contributed by atoms with E-state index in [9.17, 15) is 10.2 Å². The molecule has 0 aliphatic carbocycles. The highest BCUT2D eigenvalue weighted by molar-refractivity contribution is 5.40. The molecule has 1 aliphatic heterocycles. The Labute approximate surface area is 169 Å². The van der Waals surface area contributed by atoms with Crippen molar-refractivity contribution in [2.24, 2.45) is 0 Å². The molecule has 5 nitrogen and oxygen atoms in total. The molecule has 2 aromatic carbocycles. The lowest BCUT2D eigenvalue weighted by Gasteiger charge is -2.40. The number of hydrogen-bond donors (Lipinski definition) is 2. The van der Waals surface area contributed by atoms with Crippen molar-refractivity contribution in [1.29, 1.82) is 0 Å². The van der Waals surface area contributed by atoms with Crippen LogP contribution in [0.4, 0.5) is 0 Å². The molecule has 28 heavy (non-hydrogen) atoms. The lowest BCUT2D eigenvalue weighted by atomic mass is 9.83. The van der Waals surface area contributed by atoms with E-state index in [1.165, 1.54) is 0 Å². The Hall–Kier alpha value is -1.92. The van der Waals surface area contributed by atoms with Crippen molar-refractivity contribution >= 4 is 0 Å². The zero-order valence-corrected chi connectivity index (χ0v) is 17.9. The fourth-order valence-corrected chi connectivity index (χ4v) is 3.19. The number of aliphatic hydroxyl groups excluding tert-OH is 2. The first-order chi connectivity index (χ1) is 13.1. The second-order valence-electron chi connectivity index (χ2n) is 8.29. The van der Waals surface area contributed by atoms with E-state index in [-0.39, 0.29) is 24.3 Å². The van der Waals surface area contributed by atoms with Crippen LogP contribution in [0.5, 0.6) is 11.5 Å². The van der Waals surface area contributed by atoms with Crippen molar-refractivity contribution in [1.82, 2.24) is 9.80 Å². The van der Waals surface area contributed by atoms with Gasteiger partial charge in [-0.2, -0.15) is 0 Å². The highest BCUT2D eigenvalue weighted by atomic mass is 16.5. The van der Waals surface area contributed by atoms with Crippen molar-refractivity contribution in [2.45, 2.75) is 52.0 Å². The molecule has 0 bridgehead atoms. The lowest BCUT2D eigenvalue weighted by Crippen LogP contribution is -2.52. The van der Waals surface area contributed by atoms with Gasteiger partial charge in [0.25, 0.3) is 0 Å². The molecule has 0 radical (unpaired) electrons. The van der Waals surface area contributed by atoms with Crippen LogP contribution in [-0.2, 0) is 13.2 Å². The van der Waals surface area contributed by atoms with Gasteiger partial charge in [0.05, 0.1) is 19.9 Å². The largest absolute Gasteiger partial charge is 0.457 e. The summed E-state index contributed by atoms with van der Waals surface area (Å²) < 4.78 is 5.70. The van der Waals surface area contributed by atoms with Gasteiger partial charge in [-0.1, -0.05) is 36.4 Å². The van der Waals surface area contributed by atoms with E-state index in [0.717, 1.165) is 17.8 Å². The van der Waals surface area contributed by atoms with Gasteiger partial charge in [-0.25, -0.2) is 0 Å². The van der Waals surface area contributed by atoms with Gasteiger partial charge in [0.15, 0.2) is 0 Å². The topological polar surface area (TPSA) is 56.2 Å². The van der Waals surface area contributed by atoms with E-state index in [1.807, 2.05) is 24.3 Å². The fraction of sp³-hybridized carbons (Fsp3) is 0.478. The molecule has 0 spiro atoms. The van der Waals surface area contributed by atoms with E-state index in [0.29, 0.717) is 11.5 Å². The van der Waals surface area contributed by atoms with Crippen LogP contribution in [0.3, 0.4) is 0 Å². The predicted octanol–water partition coefficient (Wildman–Crippen LogP) is 3.84. The maximum Gasteiger partial charge on any atom is 0.132 e. The summed E-state index contributed by atoms with van der Waals surface area (Å²) in [6, 6.07) is 14.6. The van der Waals surface area contributed by atoms with Crippen molar-refractivity contribution in [3.8, 4) is 11.5 Å². The number of hydrogen-bond acceptors (Lipinski definition) is 5. The summed E-state index contributed by atoms with van der Waals surface area (Å²) in [4.78, 5) is 4.79. The molecule has 2 N–H and O–H groups in total. The van der Waals surface area contributed by atoms with Gasteiger partial charge in [0, 0.05) is 22.2 Å². The Morgan fingerprint density at radius 1 is 0.750 bits per heavy atom. The number of nitrogens with zero attached hydrogens (tertiary/aromatic N) is 2. The minimum Gasteiger partial charge on any atom is -0.457 e. The molecule has 1 fully saturated rings. The average Bonchev–Trinajstić information content (AvgIpc) is 2.81. The molecule has 154 valence electrons. The number of likely N-dealkylation sites (N-methyl/N-ethyl adjacent to an activating group) is 2. The molecule has 1 aliphatic rings. The summed E-state index contributed by atoms with van der Waals surface area (Å²) in [7, 11) is 4.37. The molecule has 1 heterocycles. The van der Waals surface area contributed by atoms with E-state index < -0.39 is 0 Å². The van der Waals surface area contributed by atoms with Gasteiger partial charge in [0.2, 0.25) is 0 Å².